The predicted molar refractivity (Wildman–Crippen MR) is 130 cm³/mol. The average Bonchev–Trinajstić information content (AvgIpc) is 2.46. The van der Waals surface area contributed by atoms with Gasteiger partial charge in [-0.1, -0.05) is 106 Å². The van der Waals surface area contributed by atoms with Crippen molar-refractivity contribution in [1.29, 1.82) is 0 Å². The standard InChI is InChI=1S/C24H48O2Si2/c1-17(2)23(25,18(3)4)21(27(9,10)11)15-16-22(28(12,13)14)24(26,19(5)6)20(7)8/h17-20,25-26H,1-14H3. The fourth-order valence-electron chi connectivity index (χ4n) is 4.39. The van der Waals surface area contributed by atoms with E-state index in [9.17, 15) is 10.2 Å². The van der Waals surface area contributed by atoms with Crippen LogP contribution in [0, 0.1) is 23.7 Å². The topological polar surface area (TPSA) is 40.5 Å². The van der Waals surface area contributed by atoms with Crippen LogP contribution in [0.1, 0.15) is 55.4 Å². The van der Waals surface area contributed by atoms with Crippen molar-refractivity contribution >= 4 is 16.1 Å². The highest BCUT2D eigenvalue weighted by molar-refractivity contribution is 6.84. The molecule has 0 bridgehead atoms. The Bertz CT molecular complexity index is 558. The largest absolute Gasteiger partial charge is 0.385 e. The van der Waals surface area contributed by atoms with Crippen molar-refractivity contribution in [2.24, 2.45) is 23.7 Å². The molecular formula is C24H48O2Si2. The first-order valence-corrected chi connectivity index (χ1v) is 18.0. The Labute approximate surface area is 177 Å². The van der Waals surface area contributed by atoms with E-state index in [1.54, 1.807) is 0 Å². The molecular weight excluding hydrogens is 376 g/mol. The van der Waals surface area contributed by atoms with Gasteiger partial charge in [0.1, 0.15) is 0 Å². The van der Waals surface area contributed by atoms with Crippen molar-refractivity contribution in [3.05, 3.63) is 21.9 Å². The summed E-state index contributed by atoms with van der Waals surface area (Å²) < 4.78 is 0. The SMILES string of the molecule is CC(C)C(O)(C(=C=C=C(C(O)(C(C)C)C(C)C)[Si](C)(C)C)[Si](C)(C)C)C(C)C. The fourth-order valence-corrected chi connectivity index (χ4v) is 8.82. The lowest BCUT2D eigenvalue weighted by Gasteiger charge is -2.43. The highest BCUT2D eigenvalue weighted by Crippen LogP contribution is 2.40. The number of aliphatic hydroxyl groups is 2. The van der Waals surface area contributed by atoms with E-state index in [0.29, 0.717) is 0 Å². The first-order chi connectivity index (χ1) is 12.2. The molecule has 164 valence electrons. The van der Waals surface area contributed by atoms with Gasteiger partial charge in [-0.15, -0.1) is 0 Å². The van der Waals surface area contributed by atoms with Crippen LogP contribution in [0.25, 0.3) is 0 Å². The number of hydrogen-bond donors (Lipinski definition) is 2. The van der Waals surface area contributed by atoms with Crippen molar-refractivity contribution in [2.45, 2.75) is 106 Å². The van der Waals surface area contributed by atoms with E-state index in [1.807, 2.05) is 0 Å². The quantitative estimate of drug-likeness (QED) is 0.348. The van der Waals surface area contributed by atoms with Crippen LogP contribution in [0.4, 0.5) is 0 Å². The summed E-state index contributed by atoms with van der Waals surface area (Å²) in [7, 11) is -3.75. The Hall–Kier alpha value is -0.346. The zero-order valence-electron chi connectivity index (χ0n) is 21.2. The molecule has 0 spiro atoms. The minimum atomic E-state index is -1.87. The molecule has 2 nitrogen and oxygen atoms in total. The molecule has 2 N–H and O–H groups in total. The Balaban J connectivity index is 7.50. The monoisotopic (exact) mass is 424 g/mol. The first-order valence-electron chi connectivity index (χ1n) is 11.0. The predicted octanol–water partition coefficient (Wildman–Crippen LogP) is 6.43. The maximum absolute atomic E-state index is 11.7. The lowest BCUT2D eigenvalue weighted by atomic mass is 9.79. The summed E-state index contributed by atoms with van der Waals surface area (Å²) in [4.78, 5) is 0. The number of hydrogen-bond acceptors (Lipinski definition) is 2. The minimum Gasteiger partial charge on any atom is -0.385 e. The van der Waals surface area contributed by atoms with Crippen LogP contribution in [-0.2, 0) is 0 Å². The summed E-state index contributed by atoms with van der Waals surface area (Å²) in [5, 5.41) is 25.5. The lowest BCUT2D eigenvalue weighted by molar-refractivity contribution is -0.00682. The molecule has 0 fully saturated rings. The van der Waals surface area contributed by atoms with Gasteiger partial charge in [0, 0.05) is 0 Å². The van der Waals surface area contributed by atoms with E-state index in [0.717, 1.165) is 10.4 Å². The Morgan fingerprint density at radius 3 is 0.821 bits per heavy atom. The average molecular weight is 425 g/mol. The molecule has 0 rings (SSSR count). The van der Waals surface area contributed by atoms with Gasteiger partial charge in [-0.05, 0) is 34.1 Å². The van der Waals surface area contributed by atoms with Gasteiger partial charge in [-0.3, -0.25) is 0 Å². The number of rotatable bonds is 8. The first kappa shape index (κ1) is 27.7. The third kappa shape index (κ3) is 5.62. The smallest absolute Gasteiger partial charge is 0.0945 e. The van der Waals surface area contributed by atoms with Gasteiger partial charge in [0.25, 0.3) is 0 Å². The highest BCUT2D eigenvalue weighted by Gasteiger charge is 2.45. The van der Waals surface area contributed by atoms with Crippen LogP contribution in [-0.4, -0.2) is 37.6 Å². The van der Waals surface area contributed by atoms with Crippen molar-refractivity contribution in [3.63, 3.8) is 0 Å². The van der Waals surface area contributed by atoms with Crippen molar-refractivity contribution < 1.29 is 10.2 Å². The molecule has 0 aliphatic heterocycles. The van der Waals surface area contributed by atoms with E-state index >= 15 is 0 Å². The molecule has 0 aliphatic carbocycles. The summed E-state index contributed by atoms with van der Waals surface area (Å²) in [6.45, 7) is 30.3. The molecule has 28 heavy (non-hydrogen) atoms. The van der Waals surface area contributed by atoms with Crippen LogP contribution < -0.4 is 0 Å². The molecule has 0 aromatic rings. The van der Waals surface area contributed by atoms with Crippen LogP contribution in [0.5, 0.6) is 0 Å². The molecule has 0 saturated carbocycles. The van der Waals surface area contributed by atoms with E-state index in [4.69, 9.17) is 0 Å². The summed E-state index contributed by atoms with van der Waals surface area (Å²) in [6.07, 6.45) is 0. The maximum Gasteiger partial charge on any atom is 0.0945 e. The third-order valence-corrected chi connectivity index (χ3v) is 10.2. The van der Waals surface area contributed by atoms with Crippen molar-refractivity contribution in [3.8, 4) is 0 Å². The summed E-state index contributed by atoms with van der Waals surface area (Å²) in [5.74, 6) is 0.363. The van der Waals surface area contributed by atoms with Gasteiger partial charge in [0.15, 0.2) is 0 Å². The minimum absolute atomic E-state index is 0.0907. The Kier molecular flexibility index (Phi) is 9.09. The second-order valence-corrected chi connectivity index (χ2v) is 21.8. The van der Waals surface area contributed by atoms with E-state index in [2.05, 4.69) is 106 Å². The molecule has 0 heterocycles. The molecule has 0 amide bonds. The van der Waals surface area contributed by atoms with Crippen molar-refractivity contribution in [2.75, 3.05) is 0 Å². The molecule has 0 radical (unpaired) electrons. The Morgan fingerprint density at radius 1 is 0.536 bits per heavy atom. The lowest BCUT2D eigenvalue weighted by Crippen LogP contribution is -2.50. The van der Waals surface area contributed by atoms with Gasteiger partial charge in [-0.25, -0.2) is 0 Å². The molecule has 0 unspecified atom stereocenters. The van der Waals surface area contributed by atoms with Gasteiger partial charge in [0.2, 0.25) is 0 Å². The molecule has 0 aromatic carbocycles. The van der Waals surface area contributed by atoms with Gasteiger partial charge < -0.3 is 10.2 Å². The van der Waals surface area contributed by atoms with Gasteiger partial charge in [0.05, 0.1) is 27.3 Å². The summed E-state index contributed by atoms with van der Waals surface area (Å²) in [6, 6.07) is 0. The van der Waals surface area contributed by atoms with Crippen molar-refractivity contribution in [1.82, 2.24) is 0 Å². The van der Waals surface area contributed by atoms with E-state index in [-0.39, 0.29) is 23.7 Å². The Morgan fingerprint density at radius 2 is 0.714 bits per heavy atom. The molecule has 0 atom stereocenters. The van der Waals surface area contributed by atoms with Crippen LogP contribution in [0.2, 0.25) is 39.3 Å². The van der Waals surface area contributed by atoms with Crippen LogP contribution >= 0.6 is 0 Å². The molecule has 0 aromatic heterocycles. The zero-order chi connectivity index (χ0) is 22.9. The van der Waals surface area contributed by atoms with Crippen LogP contribution in [0.15, 0.2) is 21.9 Å². The molecule has 0 saturated heterocycles. The second kappa shape index (κ2) is 9.20. The van der Waals surface area contributed by atoms with E-state index in [1.165, 1.54) is 0 Å². The third-order valence-electron chi connectivity index (χ3n) is 6.13. The highest BCUT2D eigenvalue weighted by atomic mass is 28.3. The maximum atomic E-state index is 11.7. The zero-order valence-corrected chi connectivity index (χ0v) is 23.2. The second-order valence-electron chi connectivity index (χ2n) is 11.8. The van der Waals surface area contributed by atoms with Gasteiger partial charge in [-0.2, -0.15) is 0 Å². The fraction of sp³-hybridized carbons (Fsp3) is 0.833. The van der Waals surface area contributed by atoms with Crippen LogP contribution in [0.3, 0.4) is 0 Å². The molecule has 0 aliphatic rings. The van der Waals surface area contributed by atoms with E-state index < -0.39 is 27.3 Å². The summed E-state index contributed by atoms with van der Waals surface area (Å²) in [5.41, 5.74) is 5.19. The van der Waals surface area contributed by atoms with Gasteiger partial charge >= 0.3 is 0 Å². The normalized spacial score (nSPS) is 14.0. The molecule has 4 heteroatoms. The summed E-state index contributed by atoms with van der Waals surface area (Å²) >= 11 is 0.